The van der Waals surface area contributed by atoms with Crippen molar-refractivity contribution >= 4 is 17.5 Å². The standard InChI is InChI=1S/C10H10N6O/c11-15-8-4-1-3-7(13-8)10(17)14-9-5-2-6-12-16-9/h1-6H,11H2,(H,13,15)(H,14,16,17). The molecule has 0 unspecified atom stereocenters. The minimum Gasteiger partial charge on any atom is -0.308 e. The van der Waals surface area contributed by atoms with Gasteiger partial charge in [-0.25, -0.2) is 10.8 Å². The van der Waals surface area contributed by atoms with E-state index >= 15 is 0 Å². The first kappa shape index (κ1) is 11.0. The van der Waals surface area contributed by atoms with Crippen LogP contribution < -0.4 is 16.6 Å². The van der Waals surface area contributed by atoms with Crippen molar-refractivity contribution in [2.75, 3.05) is 10.7 Å². The van der Waals surface area contributed by atoms with Crippen molar-refractivity contribution in [1.29, 1.82) is 0 Å². The Kier molecular flexibility index (Phi) is 3.22. The summed E-state index contributed by atoms with van der Waals surface area (Å²) in [4.78, 5) is 15.8. The molecule has 2 rings (SSSR count). The quantitative estimate of drug-likeness (QED) is 0.521. The Morgan fingerprint density at radius 1 is 1.18 bits per heavy atom. The molecule has 86 valence electrons. The number of nitrogen functional groups attached to an aromatic ring is 1. The van der Waals surface area contributed by atoms with E-state index in [2.05, 4.69) is 25.9 Å². The van der Waals surface area contributed by atoms with Gasteiger partial charge in [-0.3, -0.25) is 4.79 Å². The summed E-state index contributed by atoms with van der Waals surface area (Å²) in [6.07, 6.45) is 1.52. The number of amides is 1. The number of carbonyl (C=O) groups excluding carboxylic acids is 1. The predicted octanol–water partition coefficient (Wildman–Crippen LogP) is 0.409. The first-order valence-corrected chi connectivity index (χ1v) is 4.82. The van der Waals surface area contributed by atoms with Crippen molar-refractivity contribution in [2.24, 2.45) is 5.84 Å². The van der Waals surface area contributed by atoms with E-state index < -0.39 is 0 Å². The van der Waals surface area contributed by atoms with Crippen LogP contribution in [-0.4, -0.2) is 21.1 Å². The van der Waals surface area contributed by atoms with Crippen molar-refractivity contribution in [2.45, 2.75) is 0 Å². The molecule has 7 heteroatoms. The Labute approximate surface area is 97.1 Å². The highest BCUT2D eigenvalue weighted by molar-refractivity contribution is 6.02. The molecule has 0 radical (unpaired) electrons. The minimum absolute atomic E-state index is 0.242. The third-order valence-electron chi connectivity index (χ3n) is 1.94. The number of nitrogens with zero attached hydrogens (tertiary/aromatic N) is 3. The largest absolute Gasteiger partial charge is 0.308 e. The SMILES string of the molecule is NNc1cccc(C(=O)Nc2cccnn2)n1. The lowest BCUT2D eigenvalue weighted by Crippen LogP contribution is -2.16. The first-order chi connectivity index (χ1) is 8.29. The fraction of sp³-hybridized carbons (Fsp3) is 0. The molecule has 2 heterocycles. The lowest BCUT2D eigenvalue weighted by Gasteiger charge is -2.04. The molecule has 4 N–H and O–H groups in total. The van der Waals surface area contributed by atoms with Crippen LogP contribution in [0.3, 0.4) is 0 Å². The van der Waals surface area contributed by atoms with Crippen molar-refractivity contribution in [3.8, 4) is 0 Å². The van der Waals surface area contributed by atoms with Gasteiger partial charge in [0.1, 0.15) is 11.5 Å². The smallest absolute Gasteiger partial charge is 0.275 e. The molecule has 2 aromatic rings. The van der Waals surface area contributed by atoms with E-state index in [1.807, 2.05) is 0 Å². The molecule has 0 aromatic carbocycles. The van der Waals surface area contributed by atoms with Gasteiger partial charge in [0, 0.05) is 6.20 Å². The number of pyridine rings is 1. The van der Waals surface area contributed by atoms with Crippen molar-refractivity contribution < 1.29 is 4.79 Å². The molecule has 0 fully saturated rings. The number of anilines is 2. The average Bonchev–Trinajstić information content (AvgIpc) is 2.40. The van der Waals surface area contributed by atoms with E-state index in [4.69, 9.17) is 5.84 Å². The molecular formula is C10H10N6O. The van der Waals surface area contributed by atoms with Gasteiger partial charge < -0.3 is 10.7 Å². The number of aromatic nitrogens is 3. The van der Waals surface area contributed by atoms with Crippen LogP contribution in [0, 0.1) is 0 Å². The van der Waals surface area contributed by atoms with Crippen LogP contribution in [-0.2, 0) is 0 Å². The van der Waals surface area contributed by atoms with Crippen molar-refractivity contribution in [3.63, 3.8) is 0 Å². The number of nitrogens with one attached hydrogen (secondary N) is 2. The van der Waals surface area contributed by atoms with E-state index in [-0.39, 0.29) is 11.6 Å². The molecule has 0 aliphatic heterocycles. The molecule has 7 nitrogen and oxygen atoms in total. The highest BCUT2D eigenvalue weighted by Crippen LogP contribution is 2.06. The number of rotatable bonds is 3. The Morgan fingerprint density at radius 2 is 2.00 bits per heavy atom. The number of hydrazine groups is 1. The molecule has 0 aliphatic carbocycles. The van der Waals surface area contributed by atoms with Crippen molar-refractivity contribution in [1.82, 2.24) is 15.2 Å². The van der Waals surface area contributed by atoms with Gasteiger partial charge >= 0.3 is 0 Å². The normalized spacial score (nSPS) is 9.71. The van der Waals surface area contributed by atoms with Gasteiger partial charge in [0.2, 0.25) is 0 Å². The monoisotopic (exact) mass is 230 g/mol. The molecule has 0 saturated heterocycles. The zero-order chi connectivity index (χ0) is 12.1. The molecule has 0 aliphatic rings. The first-order valence-electron chi connectivity index (χ1n) is 4.82. The van der Waals surface area contributed by atoms with Crippen LogP contribution in [0.1, 0.15) is 10.5 Å². The molecule has 0 atom stereocenters. The van der Waals surface area contributed by atoms with Crippen molar-refractivity contribution in [3.05, 3.63) is 42.2 Å². The Balaban J connectivity index is 2.14. The lowest BCUT2D eigenvalue weighted by molar-refractivity contribution is 0.102. The van der Waals surface area contributed by atoms with E-state index in [9.17, 15) is 4.79 Å². The van der Waals surface area contributed by atoms with E-state index in [1.165, 1.54) is 6.20 Å². The molecule has 0 bridgehead atoms. The van der Waals surface area contributed by atoms with Crippen LogP contribution in [0.2, 0.25) is 0 Å². The molecular weight excluding hydrogens is 220 g/mol. The van der Waals surface area contributed by atoms with Gasteiger partial charge in [0.05, 0.1) is 0 Å². The molecule has 0 saturated carbocycles. The van der Waals surface area contributed by atoms with Crippen LogP contribution >= 0.6 is 0 Å². The number of hydrogen-bond acceptors (Lipinski definition) is 6. The summed E-state index contributed by atoms with van der Waals surface area (Å²) in [5.41, 5.74) is 2.61. The summed E-state index contributed by atoms with van der Waals surface area (Å²) in [6.45, 7) is 0. The maximum atomic E-state index is 11.8. The number of nitrogens with two attached hydrogens (primary N) is 1. The Hall–Kier alpha value is -2.54. The fourth-order valence-corrected chi connectivity index (χ4v) is 1.19. The topological polar surface area (TPSA) is 106 Å². The molecule has 17 heavy (non-hydrogen) atoms. The average molecular weight is 230 g/mol. The second-order valence-corrected chi connectivity index (χ2v) is 3.12. The van der Waals surface area contributed by atoms with E-state index in [0.717, 1.165) is 0 Å². The van der Waals surface area contributed by atoms with Crippen LogP contribution in [0.5, 0.6) is 0 Å². The Bertz CT molecular complexity index is 515. The summed E-state index contributed by atoms with van der Waals surface area (Å²) >= 11 is 0. The molecule has 0 spiro atoms. The third-order valence-corrected chi connectivity index (χ3v) is 1.94. The molecule has 2 aromatic heterocycles. The summed E-state index contributed by atoms with van der Waals surface area (Å²) in [7, 11) is 0. The zero-order valence-corrected chi connectivity index (χ0v) is 8.79. The number of hydrogen-bond donors (Lipinski definition) is 3. The maximum Gasteiger partial charge on any atom is 0.275 e. The molecule has 1 amide bonds. The van der Waals surface area contributed by atoms with E-state index in [1.54, 1.807) is 30.3 Å². The van der Waals surface area contributed by atoms with Crippen LogP contribution in [0.25, 0.3) is 0 Å². The van der Waals surface area contributed by atoms with Gasteiger partial charge in [0.25, 0.3) is 5.91 Å². The van der Waals surface area contributed by atoms with Crippen LogP contribution in [0.4, 0.5) is 11.6 Å². The predicted molar refractivity (Wildman–Crippen MR) is 62.0 cm³/mol. The summed E-state index contributed by atoms with van der Waals surface area (Å²) in [6, 6.07) is 8.21. The third kappa shape index (κ3) is 2.73. The van der Waals surface area contributed by atoms with Gasteiger partial charge in [-0.15, -0.1) is 5.10 Å². The zero-order valence-electron chi connectivity index (χ0n) is 8.79. The van der Waals surface area contributed by atoms with Gasteiger partial charge in [-0.1, -0.05) is 6.07 Å². The fourth-order valence-electron chi connectivity index (χ4n) is 1.19. The highest BCUT2D eigenvalue weighted by Gasteiger charge is 2.08. The maximum absolute atomic E-state index is 11.8. The number of carbonyl (C=O) groups is 1. The summed E-state index contributed by atoms with van der Waals surface area (Å²) < 4.78 is 0. The second-order valence-electron chi connectivity index (χ2n) is 3.12. The van der Waals surface area contributed by atoms with Gasteiger partial charge in [-0.2, -0.15) is 5.10 Å². The summed E-state index contributed by atoms with van der Waals surface area (Å²) in [5.74, 6) is 5.61. The minimum atomic E-state index is -0.373. The van der Waals surface area contributed by atoms with Gasteiger partial charge in [-0.05, 0) is 24.3 Å². The second kappa shape index (κ2) is 4.99. The lowest BCUT2D eigenvalue weighted by atomic mass is 10.3. The van der Waals surface area contributed by atoms with Crippen LogP contribution in [0.15, 0.2) is 36.5 Å². The highest BCUT2D eigenvalue weighted by atomic mass is 16.1. The van der Waals surface area contributed by atoms with Gasteiger partial charge in [0.15, 0.2) is 5.82 Å². The summed E-state index contributed by atoms with van der Waals surface area (Å²) in [5, 5.41) is 9.95. The Morgan fingerprint density at radius 3 is 2.71 bits per heavy atom. The van der Waals surface area contributed by atoms with E-state index in [0.29, 0.717) is 11.6 Å².